The maximum Gasteiger partial charge on any atom is 0.240 e. The maximum absolute atomic E-state index is 12.5. The Bertz CT molecular complexity index is 1060. The molecule has 0 spiro atoms. The van der Waals surface area contributed by atoms with E-state index in [4.69, 9.17) is 13.9 Å². The van der Waals surface area contributed by atoms with Gasteiger partial charge in [0.2, 0.25) is 22.7 Å². The van der Waals surface area contributed by atoms with Crippen molar-refractivity contribution in [3.8, 4) is 23.0 Å². The van der Waals surface area contributed by atoms with Crippen LogP contribution in [0.25, 0.3) is 11.5 Å². The van der Waals surface area contributed by atoms with Gasteiger partial charge in [0, 0.05) is 24.6 Å². The molecule has 1 aliphatic rings. The Labute approximate surface area is 157 Å². The average Bonchev–Trinajstić information content (AvgIpc) is 3.28. The molecule has 3 aromatic rings. The van der Waals surface area contributed by atoms with Crippen LogP contribution >= 0.6 is 0 Å². The molecule has 0 unspecified atom stereocenters. The molecule has 140 valence electrons. The molecule has 27 heavy (non-hydrogen) atoms. The molecule has 0 atom stereocenters. The van der Waals surface area contributed by atoms with Crippen LogP contribution in [0.3, 0.4) is 0 Å². The summed E-state index contributed by atoms with van der Waals surface area (Å²) in [6.07, 6.45) is 0.423. The Morgan fingerprint density at radius 3 is 2.67 bits per heavy atom. The number of aryl methyl sites for hydroxylation is 1. The van der Waals surface area contributed by atoms with Gasteiger partial charge < -0.3 is 13.9 Å². The fourth-order valence-electron chi connectivity index (χ4n) is 2.80. The van der Waals surface area contributed by atoms with Gasteiger partial charge in [-0.2, -0.15) is 0 Å². The van der Waals surface area contributed by atoms with E-state index < -0.39 is 10.0 Å². The van der Waals surface area contributed by atoms with E-state index in [1.165, 1.54) is 12.1 Å². The molecule has 8 heteroatoms. The monoisotopic (exact) mass is 386 g/mol. The van der Waals surface area contributed by atoms with Gasteiger partial charge in [-0.1, -0.05) is 18.2 Å². The van der Waals surface area contributed by atoms with Crippen molar-refractivity contribution >= 4 is 10.0 Å². The molecule has 0 saturated heterocycles. The topological polar surface area (TPSA) is 90.7 Å². The number of sulfonamides is 1. The molecule has 0 aliphatic carbocycles. The first-order valence-corrected chi connectivity index (χ1v) is 9.92. The number of hydrogen-bond donors (Lipinski definition) is 1. The Hall–Kier alpha value is -2.84. The van der Waals surface area contributed by atoms with E-state index in [-0.39, 0.29) is 18.2 Å². The number of hydrogen-bond acceptors (Lipinski definition) is 6. The molecule has 2 aromatic carbocycles. The standard InChI is InChI=1S/C19H18N2O5S/c1-13-16(21-19(26-13)14-5-3-2-4-6-14)9-10-20-27(22,23)15-7-8-17-18(11-15)25-12-24-17/h2-8,11,20H,9-10,12H2,1H3. The number of rotatable bonds is 6. The van der Waals surface area contributed by atoms with Gasteiger partial charge in [0.05, 0.1) is 10.6 Å². The normalized spacial score (nSPS) is 13.1. The van der Waals surface area contributed by atoms with E-state index in [1.807, 2.05) is 37.3 Å². The van der Waals surface area contributed by atoms with E-state index in [9.17, 15) is 8.42 Å². The highest BCUT2D eigenvalue weighted by atomic mass is 32.2. The highest BCUT2D eigenvalue weighted by molar-refractivity contribution is 7.89. The molecule has 1 aromatic heterocycles. The van der Waals surface area contributed by atoms with Crippen LogP contribution in [0.15, 0.2) is 57.8 Å². The first kappa shape index (κ1) is 17.6. The summed E-state index contributed by atoms with van der Waals surface area (Å²) in [5.74, 6) is 2.18. The summed E-state index contributed by atoms with van der Waals surface area (Å²) in [6, 6.07) is 14.1. The van der Waals surface area contributed by atoms with Crippen molar-refractivity contribution in [3.63, 3.8) is 0 Å². The van der Waals surface area contributed by atoms with Gasteiger partial charge in [0.15, 0.2) is 11.5 Å². The Kier molecular flexibility index (Phi) is 4.59. The number of ether oxygens (including phenoxy) is 2. The number of aromatic nitrogens is 1. The molecule has 2 heterocycles. The molecule has 7 nitrogen and oxygen atoms in total. The summed E-state index contributed by atoms with van der Waals surface area (Å²) in [6.45, 7) is 2.13. The summed E-state index contributed by atoms with van der Waals surface area (Å²) in [5, 5.41) is 0. The van der Waals surface area contributed by atoms with Crippen LogP contribution in [0, 0.1) is 6.92 Å². The highest BCUT2D eigenvalue weighted by Crippen LogP contribution is 2.33. The number of oxazole rings is 1. The lowest BCUT2D eigenvalue weighted by molar-refractivity contribution is 0.174. The molecule has 0 fully saturated rings. The summed E-state index contributed by atoms with van der Waals surface area (Å²) >= 11 is 0. The molecule has 4 rings (SSSR count). The Morgan fingerprint density at radius 2 is 1.85 bits per heavy atom. The molecule has 0 radical (unpaired) electrons. The van der Waals surface area contributed by atoms with Crippen LogP contribution in [-0.4, -0.2) is 26.7 Å². The van der Waals surface area contributed by atoms with Crippen molar-refractivity contribution in [2.24, 2.45) is 0 Å². The lowest BCUT2D eigenvalue weighted by Gasteiger charge is -2.07. The SMILES string of the molecule is Cc1oc(-c2ccccc2)nc1CCNS(=O)(=O)c1ccc2c(c1)OCO2. The third kappa shape index (κ3) is 3.67. The molecule has 1 aliphatic heterocycles. The molecule has 1 N–H and O–H groups in total. The predicted molar refractivity (Wildman–Crippen MR) is 98.1 cm³/mol. The number of nitrogens with zero attached hydrogens (tertiary/aromatic N) is 1. The van der Waals surface area contributed by atoms with Crippen molar-refractivity contribution in [3.05, 3.63) is 60.0 Å². The number of fused-ring (bicyclic) bond motifs is 1. The second-order valence-electron chi connectivity index (χ2n) is 6.05. The fourth-order valence-corrected chi connectivity index (χ4v) is 3.84. The van der Waals surface area contributed by atoms with Gasteiger partial charge in [0.25, 0.3) is 0 Å². The second kappa shape index (κ2) is 7.05. The largest absolute Gasteiger partial charge is 0.454 e. The van der Waals surface area contributed by atoms with Crippen LogP contribution in [0.4, 0.5) is 0 Å². The number of nitrogens with one attached hydrogen (secondary N) is 1. The zero-order valence-corrected chi connectivity index (χ0v) is 15.5. The first-order chi connectivity index (χ1) is 13.0. The Morgan fingerprint density at radius 1 is 1.07 bits per heavy atom. The minimum absolute atomic E-state index is 0.0987. The quantitative estimate of drug-likeness (QED) is 0.701. The maximum atomic E-state index is 12.5. The second-order valence-corrected chi connectivity index (χ2v) is 7.82. The van der Waals surface area contributed by atoms with Crippen LogP contribution in [0.5, 0.6) is 11.5 Å². The van der Waals surface area contributed by atoms with Crippen molar-refractivity contribution in [1.82, 2.24) is 9.71 Å². The van der Waals surface area contributed by atoms with Crippen LogP contribution < -0.4 is 14.2 Å². The van der Waals surface area contributed by atoms with Crippen molar-refractivity contribution in [1.29, 1.82) is 0 Å². The van der Waals surface area contributed by atoms with E-state index in [1.54, 1.807) is 6.07 Å². The Balaban J connectivity index is 1.43. The van der Waals surface area contributed by atoms with Crippen LogP contribution in [-0.2, 0) is 16.4 Å². The lowest BCUT2D eigenvalue weighted by Crippen LogP contribution is -2.26. The minimum Gasteiger partial charge on any atom is -0.454 e. The van der Waals surface area contributed by atoms with Crippen LogP contribution in [0.2, 0.25) is 0 Å². The highest BCUT2D eigenvalue weighted by Gasteiger charge is 2.20. The molecular formula is C19H18N2O5S. The molecule has 0 saturated carbocycles. The summed E-state index contributed by atoms with van der Waals surface area (Å²) in [4.78, 5) is 4.61. The van der Waals surface area contributed by atoms with Crippen molar-refractivity contribution < 1.29 is 22.3 Å². The predicted octanol–water partition coefficient (Wildman–Crippen LogP) is 2.90. The zero-order chi connectivity index (χ0) is 18.9. The first-order valence-electron chi connectivity index (χ1n) is 8.44. The van der Waals surface area contributed by atoms with Gasteiger partial charge in [-0.15, -0.1) is 0 Å². The molecular weight excluding hydrogens is 368 g/mol. The van der Waals surface area contributed by atoms with Crippen LogP contribution in [0.1, 0.15) is 11.5 Å². The zero-order valence-electron chi connectivity index (χ0n) is 14.6. The van der Waals surface area contributed by atoms with Gasteiger partial charge in [-0.05, 0) is 31.2 Å². The van der Waals surface area contributed by atoms with Crippen molar-refractivity contribution in [2.45, 2.75) is 18.2 Å². The lowest BCUT2D eigenvalue weighted by atomic mass is 10.2. The molecule has 0 bridgehead atoms. The third-order valence-corrected chi connectivity index (χ3v) is 5.68. The van der Waals surface area contributed by atoms with E-state index >= 15 is 0 Å². The van der Waals surface area contributed by atoms with E-state index in [0.29, 0.717) is 29.6 Å². The fraction of sp³-hybridized carbons (Fsp3) is 0.211. The van der Waals surface area contributed by atoms with Gasteiger partial charge in [-0.25, -0.2) is 18.1 Å². The van der Waals surface area contributed by atoms with Gasteiger partial charge >= 0.3 is 0 Å². The smallest absolute Gasteiger partial charge is 0.240 e. The number of benzene rings is 2. The van der Waals surface area contributed by atoms with Gasteiger partial charge in [-0.3, -0.25) is 0 Å². The third-order valence-electron chi connectivity index (χ3n) is 4.22. The van der Waals surface area contributed by atoms with Crippen molar-refractivity contribution in [2.75, 3.05) is 13.3 Å². The molecule has 0 amide bonds. The minimum atomic E-state index is -3.65. The summed E-state index contributed by atoms with van der Waals surface area (Å²) in [5.41, 5.74) is 1.61. The van der Waals surface area contributed by atoms with E-state index in [0.717, 1.165) is 11.3 Å². The summed E-state index contributed by atoms with van der Waals surface area (Å²) in [7, 11) is -3.65. The summed E-state index contributed by atoms with van der Waals surface area (Å²) < 4.78 is 43.7. The average molecular weight is 386 g/mol. The van der Waals surface area contributed by atoms with Gasteiger partial charge in [0.1, 0.15) is 5.76 Å². The van der Waals surface area contributed by atoms with E-state index in [2.05, 4.69) is 9.71 Å².